The fourth-order valence-electron chi connectivity index (χ4n) is 1.93. The highest BCUT2D eigenvalue weighted by molar-refractivity contribution is 7.91. The van der Waals surface area contributed by atoms with E-state index in [1.54, 1.807) is 11.3 Å². The van der Waals surface area contributed by atoms with Crippen LogP contribution in [0.3, 0.4) is 0 Å². The van der Waals surface area contributed by atoms with Crippen LogP contribution in [0.15, 0.2) is 12.1 Å². The summed E-state index contributed by atoms with van der Waals surface area (Å²) in [5.74, 6) is 0.621. The summed E-state index contributed by atoms with van der Waals surface area (Å²) in [6, 6.07) is 4.03. The molecule has 2 rings (SSSR count). The molecule has 1 aliphatic heterocycles. The molecule has 3 nitrogen and oxygen atoms in total. The Morgan fingerprint density at radius 2 is 2.31 bits per heavy atom. The predicted molar refractivity (Wildman–Crippen MR) is 67.9 cm³/mol. The molecule has 1 atom stereocenters. The van der Waals surface area contributed by atoms with Crippen LogP contribution in [0.5, 0.6) is 0 Å². The molecule has 0 spiro atoms. The Morgan fingerprint density at radius 3 is 2.81 bits per heavy atom. The highest BCUT2D eigenvalue weighted by Gasteiger charge is 2.30. The lowest BCUT2D eigenvalue weighted by Crippen LogP contribution is -2.31. The van der Waals surface area contributed by atoms with Crippen molar-refractivity contribution in [1.29, 1.82) is 0 Å². The minimum absolute atomic E-state index is 0.158. The van der Waals surface area contributed by atoms with Gasteiger partial charge < -0.3 is 0 Å². The zero-order valence-corrected chi connectivity index (χ0v) is 11.4. The minimum atomic E-state index is -2.79. The number of hydrogen-bond donors (Lipinski definition) is 0. The number of hydrogen-bond acceptors (Lipinski definition) is 4. The van der Waals surface area contributed by atoms with Crippen LogP contribution >= 0.6 is 22.9 Å². The van der Waals surface area contributed by atoms with E-state index in [4.69, 9.17) is 11.6 Å². The molecule has 1 aliphatic rings. The molecule has 0 aliphatic carbocycles. The average Bonchev–Trinajstić information content (AvgIpc) is 2.72. The van der Waals surface area contributed by atoms with Crippen LogP contribution in [0, 0.1) is 0 Å². The molecule has 2 heterocycles. The van der Waals surface area contributed by atoms with E-state index in [1.807, 2.05) is 19.2 Å². The van der Waals surface area contributed by atoms with Crippen LogP contribution in [-0.2, 0) is 16.4 Å². The van der Waals surface area contributed by atoms with Gasteiger partial charge in [-0.15, -0.1) is 11.3 Å². The first kappa shape index (κ1) is 12.4. The van der Waals surface area contributed by atoms with Gasteiger partial charge in [0.1, 0.15) is 0 Å². The highest BCUT2D eigenvalue weighted by Crippen LogP contribution is 2.24. The van der Waals surface area contributed by atoms with Gasteiger partial charge in [-0.25, -0.2) is 8.42 Å². The molecule has 1 aromatic heterocycles. The Hall–Kier alpha value is -0.100. The first-order chi connectivity index (χ1) is 7.46. The summed E-state index contributed by atoms with van der Waals surface area (Å²) in [7, 11) is -0.821. The fraction of sp³-hybridized carbons (Fsp3) is 0.600. The van der Waals surface area contributed by atoms with Crippen LogP contribution in [0.2, 0.25) is 4.34 Å². The van der Waals surface area contributed by atoms with Gasteiger partial charge in [0.15, 0.2) is 9.84 Å². The lowest BCUT2D eigenvalue weighted by molar-refractivity contribution is 0.256. The van der Waals surface area contributed by atoms with Crippen molar-refractivity contribution in [1.82, 2.24) is 4.90 Å². The second-order valence-electron chi connectivity index (χ2n) is 4.18. The van der Waals surface area contributed by atoms with Crippen molar-refractivity contribution in [2.45, 2.75) is 19.0 Å². The van der Waals surface area contributed by atoms with Gasteiger partial charge in [0, 0.05) is 17.5 Å². The molecule has 0 saturated carbocycles. The Kier molecular flexibility index (Phi) is 3.59. The number of halogens is 1. The Bertz CT molecular complexity index is 469. The Labute approximate surface area is 105 Å². The van der Waals surface area contributed by atoms with Gasteiger partial charge in [-0.2, -0.15) is 0 Å². The van der Waals surface area contributed by atoms with Crippen LogP contribution in [0.25, 0.3) is 0 Å². The first-order valence-electron chi connectivity index (χ1n) is 5.11. The summed E-state index contributed by atoms with van der Waals surface area (Å²) in [5, 5.41) is 0. The molecule has 0 aromatic carbocycles. The Balaban J connectivity index is 1.96. The molecule has 0 N–H and O–H groups in total. The van der Waals surface area contributed by atoms with Gasteiger partial charge in [0.05, 0.1) is 15.8 Å². The van der Waals surface area contributed by atoms with Gasteiger partial charge in [-0.05, 0) is 25.6 Å². The summed E-state index contributed by atoms with van der Waals surface area (Å²) in [6.07, 6.45) is 0.748. The van der Waals surface area contributed by atoms with Crippen molar-refractivity contribution in [3.05, 3.63) is 21.3 Å². The van der Waals surface area contributed by atoms with Gasteiger partial charge in [0.2, 0.25) is 0 Å². The predicted octanol–water partition coefficient (Wildman–Crippen LogP) is 2.02. The third-order valence-electron chi connectivity index (χ3n) is 2.87. The summed E-state index contributed by atoms with van der Waals surface area (Å²) >= 11 is 7.40. The first-order valence-corrected chi connectivity index (χ1v) is 8.13. The molecular formula is C10H14ClNO2S2. The van der Waals surface area contributed by atoms with E-state index in [0.717, 1.165) is 17.3 Å². The Morgan fingerprint density at radius 1 is 1.56 bits per heavy atom. The molecule has 1 fully saturated rings. The summed E-state index contributed by atoms with van der Waals surface area (Å²) in [5.41, 5.74) is 0. The minimum Gasteiger partial charge on any atom is -0.297 e. The van der Waals surface area contributed by atoms with E-state index in [-0.39, 0.29) is 6.04 Å². The smallest absolute Gasteiger partial charge is 0.151 e. The van der Waals surface area contributed by atoms with Crippen LogP contribution < -0.4 is 0 Å². The van der Waals surface area contributed by atoms with E-state index in [0.29, 0.717) is 11.5 Å². The standard InChI is InChI=1S/C10H14ClNO2S2/c1-12(6-9-2-3-10(11)15-9)8-4-5-16(13,14)7-8/h2-3,8H,4-7H2,1H3. The zero-order chi connectivity index (χ0) is 11.8. The van der Waals surface area contributed by atoms with Crippen molar-refractivity contribution < 1.29 is 8.42 Å². The molecule has 0 amide bonds. The van der Waals surface area contributed by atoms with Crippen LogP contribution in [0.1, 0.15) is 11.3 Å². The largest absolute Gasteiger partial charge is 0.297 e. The molecule has 1 saturated heterocycles. The summed E-state index contributed by atoms with van der Waals surface area (Å²) < 4.78 is 23.5. The number of nitrogens with zero attached hydrogens (tertiary/aromatic N) is 1. The number of sulfone groups is 1. The monoisotopic (exact) mass is 279 g/mol. The lowest BCUT2D eigenvalue weighted by atomic mass is 10.2. The maximum absolute atomic E-state index is 11.4. The third-order valence-corrected chi connectivity index (χ3v) is 5.83. The molecule has 0 radical (unpaired) electrons. The van der Waals surface area contributed by atoms with E-state index < -0.39 is 9.84 Å². The van der Waals surface area contributed by atoms with Crippen LogP contribution in [-0.4, -0.2) is 37.9 Å². The topological polar surface area (TPSA) is 37.4 Å². The normalized spacial score (nSPS) is 24.1. The van der Waals surface area contributed by atoms with Gasteiger partial charge in [-0.1, -0.05) is 11.6 Å². The fourth-order valence-corrected chi connectivity index (χ4v) is 4.89. The lowest BCUT2D eigenvalue weighted by Gasteiger charge is -2.22. The van der Waals surface area contributed by atoms with E-state index in [9.17, 15) is 8.42 Å². The molecule has 90 valence electrons. The molecule has 1 aromatic rings. The van der Waals surface area contributed by atoms with E-state index in [1.165, 1.54) is 4.88 Å². The molecule has 0 bridgehead atoms. The van der Waals surface area contributed by atoms with Crippen molar-refractivity contribution in [2.75, 3.05) is 18.6 Å². The molecule has 16 heavy (non-hydrogen) atoms. The number of thiophene rings is 1. The third kappa shape index (κ3) is 2.97. The molecular weight excluding hydrogens is 266 g/mol. The van der Waals surface area contributed by atoms with Crippen molar-refractivity contribution in [2.24, 2.45) is 0 Å². The van der Waals surface area contributed by atoms with Gasteiger partial charge in [0.25, 0.3) is 0 Å². The zero-order valence-electron chi connectivity index (χ0n) is 9.02. The number of rotatable bonds is 3. The van der Waals surface area contributed by atoms with E-state index in [2.05, 4.69) is 4.90 Å². The van der Waals surface area contributed by atoms with E-state index >= 15 is 0 Å². The average molecular weight is 280 g/mol. The van der Waals surface area contributed by atoms with Crippen molar-refractivity contribution >= 4 is 32.8 Å². The van der Waals surface area contributed by atoms with Crippen molar-refractivity contribution in [3.63, 3.8) is 0 Å². The summed E-state index contributed by atoms with van der Waals surface area (Å²) in [6.45, 7) is 0.775. The quantitative estimate of drug-likeness (QED) is 0.850. The van der Waals surface area contributed by atoms with Gasteiger partial charge >= 0.3 is 0 Å². The second-order valence-corrected chi connectivity index (χ2v) is 8.21. The maximum Gasteiger partial charge on any atom is 0.151 e. The maximum atomic E-state index is 11.4. The van der Waals surface area contributed by atoms with Gasteiger partial charge in [-0.3, -0.25) is 4.90 Å². The summed E-state index contributed by atoms with van der Waals surface area (Å²) in [4.78, 5) is 3.28. The highest BCUT2D eigenvalue weighted by atomic mass is 35.5. The van der Waals surface area contributed by atoms with Crippen LogP contribution in [0.4, 0.5) is 0 Å². The second kappa shape index (κ2) is 4.64. The molecule has 6 heteroatoms. The SMILES string of the molecule is CN(Cc1ccc(Cl)s1)C1CCS(=O)(=O)C1. The molecule has 1 unspecified atom stereocenters. The van der Waals surface area contributed by atoms with Crippen molar-refractivity contribution in [3.8, 4) is 0 Å².